The standard InChI is InChI=1S/C19H21N5O2S/c1-22(2)18(25)14-11-21-24-15(7-8-20-17(14)24)13-5-3-9-23(12-13)19(26)16-6-4-10-27-16/h4,6-8,10-11,13H,3,5,9,12H2,1-2H3/t13-/m1/s1. The average molecular weight is 383 g/mol. The van der Waals surface area contributed by atoms with Gasteiger partial charge >= 0.3 is 0 Å². The number of nitrogens with zero attached hydrogens (tertiary/aromatic N) is 5. The van der Waals surface area contributed by atoms with Crippen LogP contribution in [-0.2, 0) is 0 Å². The number of amides is 2. The average Bonchev–Trinajstić information content (AvgIpc) is 3.36. The minimum absolute atomic E-state index is 0.0870. The summed E-state index contributed by atoms with van der Waals surface area (Å²) < 4.78 is 1.75. The lowest BCUT2D eigenvalue weighted by molar-refractivity contribution is 0.0710. The molecule has 0 bridgehead atoms. The van der Waals surface area contributed by atoms with Gasteiger partial charge in [0.2, 0.25) is 0 Å². The molecule has 0 saturated carbocycles. The van der Waals surface area contributed by atoms with Crippen LogP contribution in [0.2, 0.25) is 0 Å². The highest BCUT2D eigenvalue weighted by molar-refractivity contribution is 7.12. The van der Waals surface area contributed by atoms with Gasteiger partial charge in [-0.15, -0.1) is 11.3 Å². The zero-order valence-electron chi connectivity index (χ0n) is 15.3. The molecular formula is C19H21N5O2S. The lowest BCUT2D eigenvalue weighted by atomic mass is 9.94. The summed E-state index contributed by atoms with van der Waals surface area (Å²) in [5.41, 5.74) is 2.04. The maximum atomic E-state index is 12.7. The summed E-state index contributed by atoms with van der Waals surface area (Å²) in [6.45, 7) is 1.41. The van der Waals surface area contributed by atoms with Crippen molar-refractivity contribution in [3.8, 4) is 0 Å². The Hall–Kier alpha value is -2.74. The van der Waals surface area contributed by atoms with Crippen molar-refractivity contribution in [3.63, 3.8) is 0 Å². The van der Waals surface area contributed by atoms with Gasteiger partial charge in [-0.05, 0) is 30.4 Å². The zero-order chi connectivity index (χ0) is 19.0. The van der Waals surface area contributed by atoms with E-state index in [1.807, 2.05) is 28.5 Å². The minimum atomic E-state index is -0.118. The van der Waals surface area contributed by atoms with Gasteiger partial charge in [-0.1, -0.05) is 6.07 Å². The molecule has 3 aromatic heterocycles. The van der Waals surface area contributed by atoms with Crippen LogP contribution in [0.25, 0.3) is 5.65 Å². The summed E-state index contributed by atoms with van der Waals surface area (Å²) >= 11 is 1.47. The van der Waals surface area contributed by atoms with E-state index < -0.39 is 0 Å². The molecule has 4 heterocycles. The van der Waals surface area contributed by atoms with Gasteiger partial charge in [0.05, 0.1) is 16.8 Å². The number of carbonyl (C=O) groups excluding carboxylic acids is 2. The van der Waals surface area contributed by atoms with Gasteiger partial charge in [0.15, 0.2) is 5.65 Å². The number of piperidine rings is 1. The van der Waals surface area contributed by atoms with Crippen molar-refractivity contribution in [1.82, 2.24) is 24.4 Å². The van der Waals surface area contributed by atoms with Crippen molar-refractivity contribution in [2.45, 2.75) is 18.8 Å². The van der Waals surface area contributed by atoms with Crippen LogP contribution in [0.1, 0.15) is 44.5 Å². The summed E-state index contributed by atoms with van der Waals surface area (Å²) in [5, 5.41) is 6.35. The van der Waals surface area contributed by atoms with Gasteiger partial charge in [0.1, 0.15) is 5.56 Å². The number of hydrogen-bond donors (Lipinski definition) is 0. The number of likely N-dealkylation sites (tertiary alicyclic amines) is 1. The number of carbonyl (C=O) groups is 2. The molecular weight excluding hydrogens is 362 g/mol. The number of fused-ring (bicyclic) bond motifs is 1. The van der Waals surface area contributed by atoms with Crippen LogP contribution in [0.5, 0.6) is 0 Å². The predicted molar refractivity (Wildman–Crippen MR) is 103 cm³/mol. The summed E-state index contributed by atoms with van der Waals surface area (Å²) in [4.78, 5) is 33.7. The summed E-state index contributed by atoms with van der Waals surface area (Å²) in [7, 11) is 3.43. The quantitative estimate of drug-likeness (QED) is 0.697. The first-order chi connectivity index (χ1) is 13.1. The van der Waals surface area contributed by atoms with Gasteiger partial charge in [-0.3, -0.25) is 9.59 Å². The van der Waals surface area contributed by atoms with E-state index in [9.17, 15) is 9.59 Å². The number of hydrogen-bond acceptors (Lipinski definition) is 5. The molecule has 1 aliphatic rings. The van der Waals surface area contributed by atoms with Crippen LogP contribution in [-0.4, -0.2) is 63.4 Å². The molecule has 0 N–H and O–H groups in total. The molecule has 0 unspecified atom stereocenters. The van der Waals surface area contributed by atoms with Crippen molar-refractivity contribution >= 4 is 28.8 Å². The highest BCUT2D eigenvalue weighted by atomic mass is 32.1. The van der Waals surface area contributed by atoms with E-state index in [4.69, 9.17) is 0 Å². The zero-order valence-corrected chi connectivity index (χ0v) is 16.1. The van der Waals surface area contributed by atoms with Crippen molar-refractivity contribution in [2.75, 3.05) is 27.2 Å². The normalized spacial score (nSPS) is 17.3. The first-order valence-electron chi connectivity index (χ1n) is 8.93. The van der Waals surface area contributed by atoms with Crippen molar-refractivity contribution < 1.29 is 9.59 Å². The van der Waals surface area contributed by atoms with Crippen LogP contribution in [0.15, 0.2) is 36.0 Å². The predicted octanol–water partition coefficient (Wildman–Crippen LogP) is 2.51. The Morgan fingerprint density at radius 1 is 1.30 bits per heavy atom. The van der Waals surface area contributed by atoms with Gasteiger partial charge in [0, 0.05) is 39.3 Å². The lowest BCUT2D eigenvalue weighted by Gasteiger charge is -2.32. The van der Waals surface area contributed by atoms with E-state index in [0.717, 1.165) is 30.0 Å². The van der Waals surface area contributed by atoms with Crippen molar-refractivity contribution in [2.24, 2.45) is 0 Å². The molecule has 1 fully saturated rings. The Morgan fingerprint density at radius 2 is 2.15 bits per heavy atom. The Labute approximate surface area is 161 Å². The van der Waals surface area contributed by atoms with E-state index in [-0.39, 0.29) is 17.7 Å². The Balaban J connectivity index is 1.64. The molecule has 27 heavy (non-hydrogen) atoms. The third-order valence-electron chi connectivity index (χ3n) is 4.93. The molecule has 0 radical (unpaired) electrons. The van der Waals surface area contributed by atoms with Gasteiger partial charge < -0.3 is 9.80 Å². The molecule has 8 heteroatoms. The maximum Gasteiger partial charge on any atom is 0.263 e. The van der Waals surface area contributed by atoms with Crippen LogP contribution in [0.3, 0.4) is 0 Å². The van der Waals surface area contributed by atoms with Crippen LogP contribution in [0.4, 0.5) is 0 Å². The lowest BCUT2D eigenvalue weighted by Crippen LogP contribution is -2.39. The number of aromatic nitrogens is 3. The second-order valence-corrected chi connectivity index (χ2v) is 7.88. The second-order valence-electron chi connectivity index (χ2n) is 6.93. The highest BCUT2D eigenvalue weighted by Crippen LogP contribution is 2.29. The summed E-state index contributed by atoms with van der Waals surface area (Å²) in [6.07, 6.45) is 5.21. The highest BCUT2D eigenvalue weighted by Gasteiger charge is 2.28. The smallest absolute Gasteiger partial charge is 0.263 e. The van der Waals surface area contributed by atoms with Crippen molar-refractivity contribution in [3.05, 3.63) is 52.1 Å². The summed E-state index contributed by atoms with van der Waals surface area (Å²) in [5.74, 6) is 0.132. The largest absolute Gasteiger partial charge is 0.345 e. The molecule has 1 atom stereocenters. The number of rotatable bonds is 3. The Kier molecular flexibility index (Phi) is 4.65. The maximum absolute atomic E-state index is 12.7. The fourth-order valence-corrected chi connectivity index (χ4v) is 4.26. The molecule has 0 aromatic carbocycles. The Morgan fingerprint density at radius 3 is 2.89 bits per heavy atom. The molecule has 0 spiro atoms. The Bertz CT molecular complexity index is 979. The molecule has 1 saturated heterocycles. The van der Waals surface area contributed by atoms with E-state index in [0.29, 0.717) is 17.8 Å². The van der Waals surface area contributed by atoms with Gasteiger partial charge in [-0.2, -0.15) is 5.10 Å². The first-order valence-corrected chi connectivity index (χ1v) is 9.81. The van der Waals surface area contributed by atoms with E-state index >= 15 is 0 Å². The van der Waals surface area contributed by atoms with Crippen LogP contribution in [0, 0.1) is 0 Å². The fraction of sp³-hybridized carbons (Fsp3) is 0.368. The molecule has 2 amide bonds. The minimum Gasteiger partial charge on any atom is -0.345 e. The molecule has 1 aliphatic heterocycles. The number of thiophene rings is 1. The molecule has 3 aromatic rings. The third-order valence-corrected chi connectivity index (χ3v) is 5.78. The SMILES string of the molecule is CN(C)C(=O)c1cnn2c([C@@H]3CCCN(C(=O)c4cccs4)C3)ccnc12. The van der Waals surface area contributed by atoms with E-state index in [1.165, 1.54) is 16.2 Å². The fourth-order valence-electron chi connectivity index (χ4n) is 3.57. The van der Waals surface area contributed by atoms with Gasteiger partial charge in [-0.25, -0.2) is 9.50 Å². The monoisotopic (exact) mass is 383 g/mol. The first kappa shape index (κ1) is 17.7. The van der Waals surface area contributed by atoms with Crippen LogP contribution >= 0.6 is 11.3 Å². The third kappa shape index (κ3) is 3.21. The second kappa shape index (κ2) is 7.11. The molecule has 7 nitrogen and oxygen atoms in total. The van der Waals surface area contributed by atoms with Crippen molar-refractivity contribution in [1.29, 1.82) is 0 Å². The summed E-state index contributed by atoms with van der Waals surface area (Å²) in [6, 6.07) is 5.71. The molecule has 4 rings (SSSR count). The molecule has 140 valence electrons. The van der Waals surface area contributed by atoms with Crippen LogP contribution < -0.4 is 0 Å². The molecule has 0 aliphatic carbocycles. The topological polar surface area (TPSA) is 70.8 Å². The van der Waals surface area contributed by atoms with E-state index in [1.54, 1.807) is 31.0 Å². The van der Waals surface area contributed by atoms with Gasteiger partial charge in [0.25, 0.3) is 11.8 Å². The van der Waals surface area contributed by atoms with E-state index in [2.05, 4.69) is 10.1 Å².